The zero-order valence-electron chi connectivity index (χ0n) is 12.2. The summed E-state index contributed by atoms with van der Waals surface area (Å²) in [7, 11) is 0. The molecule has 0 aliphatic carbocycles. The molecule has 0 spiro atoms. The Morgan fingerprint density at radius 1 is 1.15 bits per heavy atom. The largest absolute Gasteiger partial charge is 0.266 e. The number of rotatable bonds is 3. The molecule has 0 atom stereocenters. The van der Waals surface area contributed by atoms with Crippen LogP contribution in [-0.4, -0.2) is 14.8 Å². The van der Waals surface area contributed by atoms with Gasteiger partial charge in [0.15, 0.2) is 0 Å². The van der Waals surface area contributed by atoms with Gasteiger partial charge in [0, 0.05) is 17.3 Å². The molecule has 0 saturated carbocycles. The fraction of sp³-hybridized carbons (Fsp3) is 0.294. The van der Waals surface area contributed by atoms with Gasteiger partial charge in [0.05, 0.1) is 17.8 Å². The molecule has 3 heteroatoms. The Hall–Kier alpha value is -2.16. The first-order chi connectivity index (χ1) is 9.61. The maximum Gasteiger partial charge on any atom is 0.0923 e. The Labute approximate surface area is 119 Å². The first kappa shape index (κ1) is 12.9. The van der Waals surface area contributed by atoms with E-state index in [1.165, 1.54) is 10.9 Å². The molecule has 2 aromatic heterocycles. The van der Waals surface area contributed by atoms with Crippen LogP contribution >= 0.6 is 0 Å². The second-order valence-corrected chi connectivity index (χ2v) is 5.57. The molecule has 0 amide bonds. The first-order valence-corrected chi connectivity index (χ1v) is 7.01. The monoisotopic (exact) mass is 265 g/mol. The summed E-state index contributed by atoms with van der Waals surface area (Å²) in [6, 6.07) is 12.6. The third-order valence-electron chi connectivity index (χ3n) is 3.51. The van der Waals surface area contributed by atoms with Crippen molar-refractivity contribution in [2.75, 3.05) is 0 Å². The van der Waals surface area contributed by atoms with E-state index in [0.29, 0.717) is 12.5 Å². The van der Waals surface area contributed by atoms with Crippen molar-refractivity contribution in [2.24, 2.45) is 0 Å². The second kappa shape index (κ2) is 5.08. The highest BCUT2D eigenvalue weighted by molar-refractivity contribution is 5.78. The number of aromatic nitrogens is 3. The van der Waals surface area contributed by atoms with Gasteiger partial charge in [-0.2, -0.15) is 5.10 Å². The summed E-state index contributed by atoms with van der Waals surface area (Å²) in [6.45, 7) is 7.15. The summed E-state index contributed by atoms with van der Waals surface area (Å²) in [5.41, 5.74) is 4.48. The van der Waals surface area contributed by atoms with E-state index in [9.17, 15) is 0 Å². The minimum Gasteiger partial charge on any atom is -0.266 e. The molecule has 0 saturated heterocycles. The van der Waals surface area contributed by atoms with Gasteiger partial charge in [0.1, 0.15) is 0 Å². The summed E-state index contributed by atoms with van der Waals surface area (Å²) in [5, 5.41) is 5.81. The molecule has 0 N–H and O–H groups in total. The number of hydrogen-bond donors (Lipinski definition) is 0. The lowest BCUT2D eigenvalue weighted by molar-refractivity contribution is 0.679. The minimum absolute atomic E-state index is 0.543. The molecule has 0 aliphatic rings. The molecule has 3 rings (SSSR count). The van der Waals surface area contributed by atoms with Gasteiger partial charge < -0.3 is 0 Å². The summed E-state index contributed by atoms with van der Waals surface area (Å²) in [5.74, 6) is 0.543. The summed E-state index contributed by atoms with van der Waals surface area (Å²) in [6.07, 6.45) is 2.10. The van der Waals surface area contributed by atoms with E-state index in [1.54, 1.807) is 0 Å². The summed E-state index contributed by atoms with van der Waals surface area (Å²) < 4.78 is 1.97. The van der Waals surface area contributed by atoms with E-state index in [4.69, 9.17) is 0 Å². The quantitative estimate of drug-likeness (QED) is 0.718. The average molecular weight is 265 g/mol. The van der Waals surface area contributed by atoms with Crippen LogP contribution in [0.5, 0.6) is 0 Å². The Balaban J connectivity index is 1.93. The van der Waals surface area contributed by atoms with Crippen LogP contribution in [0.1, 0.15) is 36.7 Å². The van der Waals surface area contributed by atoms with E-state index in [0.717, 1.165) is 16.9 Å². The van der Waals surface area contributed by atoms with Crippen molar-refractivity contribution < 1.29 is 0 Å². The van der Waals surface area contributed by atoms with Crippen molar-refractivity contribution in [3.63, 3.8) is 0 Å². The lowest BCUT2D eigenvalue weighted by atomic mass is 10.0. The van der Waals surface area contributed by atoms with Gasteiger partial charge in [-0.15, -0.1) is 0 Å². The van der Waals surface area contributed by atoms with Crippen molar-refractivity contribution >= 4 is 10.9 Å². The standard InChI is InChI=1S/C17H19N3/c1-12(2)14-7-8-17-15(9-14)10-20(19-17)11-16-6-4-5-13(3)18-16/h4-10,12H,11H2,1-3H3. The molecular weight excluding hydrogens is 246 g/mol. The molecule has 20 heavy (non-hydrogen) atoms. The number of nitrogens with zero attached hydrogens (tertiary/aromatic N) is 3. The van der Waals surface area contributed by atoms with Gasteiger partial charge in [-0.1, -0.05) is 26.0 Å². The second-order valence-electron chi connectivity index (χ2n) is 5.57. The smallest absolute Gasteiger partial charge is 0.0923 e. The Kier molecular flexibility index (Phi) is 3.26. The third-order valence-corrected chi connectivity index (χ3v) is 3.51. The molecular formula is C17H19N3. The molecule has 102 valence electrons. The maximum atomic E-state index is 4.61. The lowest BCUT2D eigenvalue weighted by Crippen LogP contribution is -2.02. The molecule has 2 heterocycles. The van der Waals surface area contributed by atoms with Crippen LogP contribution in [0.2, 0.25) is 0 Å². The van der Waals surface area contributed by atoms with Crippen LogP contribution < -0.4 is 0 Å². The van der Waals surface area contributed by atoms with E-state index in [-0.39, 0.29) is 0 Å². The SMILES string of the molecule is Cc1cccc(Cn2cc3cc(C(C)C)ccc3n2)n1. The van der Waals surface area contributed by atoms with Crippen LogP contribution in [0.4, 0.5) is 0 Å². The minimum atomic E-state index is 0.543. The Morgan fingerprint density at radius 2 is 2.00 bits per heavy atom. The number of fused-ring (bicyclic) bond motifs is 1. The number of aryl methyl sites for hydroxylation is 1. The van der Waals surface area contributed by atoms with Crippen LogP contribution in [0.3, 0.4) is 0 Å². The maximum absolute atomic E-state index is 4.61. The highest BCUT2D eigenvalue weighted by Crippen LogP contribution is 2.20. The van der Waals surface area contributed by atoms with Crippen molar-refractivity contribution in [1.29, 1.82) is 0 Å². The first-order valence-electron chi connectivity index (χ1n) is 7.01. The molecule has 3 aromatic rings. The van der Waals surface area contributed by atoms with Gasteiger partial charge in [0.25, 0.3) is 0 Å². The van der Waals surface area contributed by atoms with Gasteiger partial charge in [0.2, 0.25) is 0 Å². The number of benzene rings is 1. The fourth-order valence-electron chi connectivity index (χ4n) is 2.39. The summed E-state index contributed by atoms with van der Waals surface area (Å²) in [4.78, 5) is 4.52. The predicted molar refractivity (Wildman–Crippen MR) is 81.9 cm³/mol. The van der Waals surface area contributed by atoms with Gasteiger partial charge in [-0.3, -0.25) is 9.67 Å². The normalized spacial score (nSPS) is 11.4. The van der Waals surface area contributed by atoms with Crippen LogP contribution in [-0.2, 0) is 6.54 Å². The molecule has 3 nitrogen and oxygen atoms in total. The van der Waals surface area contributed by atoms with Gasteiger partial charge >= 0.3 is 0 Å². The highest BCUT2D eigenvalue weighted by Gasteiger charge is 2.05. The Morgan fingerprint density at radius 3 is 2.75 bits per heavy atom. The van der Waals surface area contributed by atoms with Crippen LogP contribution in [0.25, 0.3) is 10.9 Å². The molecule has 0 aliphatic heterocycles. The van der Waals surface area contributed by atoms with E-state index in [2.05, 4.69) is 48.3 Å². The fourth-order valence-corrected chi connectivity index (χ4v) is 2.39. The molecule has 0 bridgehead atoms. The van der Waals surface area contributed by atoms with Crippen LogP contribution in [0, 0.1) is 6.92 Å². The molecule has 0 radical (unpaired) electrons. The number of hydrogen-bond acceptors (Lipinski definition) is 2. The predicted octanol–water partition coefficient (Wildman–Crippen LogP) is 3.91. The average Bonchev–Trinajstić information content (AvgIpc) is 2.79. The molecule has 1 aromatic carbocycles. The van der Waals surface area contributed by atoms with E-state index >= 15 is 0 Å². The van der Waals surface area contributed by atoms with Gasteiger partial charge in [-0.25, -0.2) is 0 Å². The topological polar surface area (TPSA) is 30.7 Å². The summed E-state index contributed by atoms with van der Waals surface area (Å²) >= 11 is 0. The number of pyridine rings is 1. The van der Waals surface area contributed by atoms with E-state index in [1.807, 2.05) is 29.8 Å². The van der Waals surface area contributed by atoms with Gasteiger partial charge in [-0.05, 0) is 42.7 Å². The highest BCUT2D eigenvalue weighted by atomic mass is 15.3. The zero-order chi connectivity index (χ0) is 14.1. The van der Waals surface area contributed by atoms with Crippen molar-refractivity contribution in [1.82, 2.24) is 14.8 Å². The van der Waals surface area contributed by atoms with Crippen molar-refractivity contribution in [3.05, 3.63) is 59.5 Å². The molecule has 0 fully saturated rings. The van der Waals surface area contributed by atoms with Crippen molar-refractivity contribution in [3.8, 4) is 0 Å². The zero-order valence-corrected chi connectivity index (χ0v) is 12.2. The van der Waals surface area contributed by atoms with Crippen LogP contribution in [0.15, 0.2) is 42.6 Å². The lowest BCUT2D eigenvalue weighted by Gasteiger charge is -2.03. The molecule has 0 unspecified atom stereocenters. The Bertz CT molecular complexity index is 741. The van der Waals surface area contributed by atoms with Crippen molar-refractivity contribution in [2.45, 2.75) is 33.2 Å². The van der Waals surface area contributed by atoms with E-state index < -0.39 is 0 Å². The third kappa shape index (κ3) is 2.57.